The van der Waals surface area contributed by atoms with Gasteiger partial charge in [0.05, 0.1) is 18.2 Å². The number of carboxylic acids is 1. The quantitative estimate of drug-likeness (QED) is 0.297. The molecule has 0 spiro atoms. The van der Waals surface area contributed by atoms with E-state index in [9.17, 15) is 41.2 Å². The van der Waals surface area contributed by atoms with Gasteiger partial charge in [0.15, 0.2) is 5.82 Å². The molecule has 1 aliphatic heterocycles. The van der Waals surface area contributed by atoms with Gasteiger partial charge in [-0.05, 0) is 43.2 Å². The molecule has 248 valence electrons. The molecule has 0 radical (unpaired) electrons. The van der Waals surface area contributed by atoms with E-state index >= 15 is 0 Å². The SMILES string of the molecule is CC[C@@H]1CN(c2nc(=O)n(C)c3ccc(C#N)nc23)[C@@H](C)CN1C(C(=O)NOC)c1ccc(C(F)(F)F)cc1.O=C(O)C(F)(F)F. The lowest BCUT2D eigenvalue weighted by Gasteiger charge is -2.48. The van der Waals surface area contributed by atoms with Crippen molar-refractivity contribution in [1.82, 2.24) is 24.9 Å². The second-order valence-electron chi connectivity index (χ2n) is 10.2. The minimum absolute atomic E-state index is 0.182. The molecular weight excluding hydrogens is 628 g/mol. The standard InChI is InChI=1S/C26H28F3N7O3.C2HF3O2/c1-5-19-14-35(23-21-20(34(3)25(38)32-23)11-10-18(12-30)31-21)15(2)13-36(19)22(24(37)33-39-4)16-6-8-17(9-7-16)26(27,28)29;3-2(4,5)1(6)7/h6-11,15,19,22H,5,13-14H2,1-4H3,(H,33,37);(H,6,7)/t15-,19+,22?;/m0./s1. The number of aromatic nitrogens is 3. The zero-order valence-electron chi connectivity index (χ0n) is 24.8. The Bertz CT molecular complexity index is 1670. The van der Waals surface area contributed by atoms with Crippen LogP contribution in [0.1, 0.15) is 43.1 Å². The average molecular weight is 658 g/mol. The fraction of sp³-hybridized carbons (Fsp3) is 0.429. The lowest BCUT2D eigenvalue weighted by Crippen LogP contribution is -2.60. The van der Waals surface area contributed by atoms with Crippen LogP contribution < -0.4 is 16.1 Å². The van der Waals surface area contributed by atoms with Gasteiger partial charge in [-0.25, -0.2) is 20.1 Å². The smallest absolute Gasteiger partial charge is 0.475 e. The van der Waals surface area contributed by atoms with Gasteiger partial charge in [-0.1, -0.05) is 19.1 Å². The monoisotopic (exact) mass is 657 g/mol. The number of anilines is 1. The van der Waals surface area contributed by atoms with Crippen molar-refractivity contribution in [3.8, 4) is 6.07 Å². The Morgan fingerprint density at radius 1 is 1.11 bits per heavy atom. The van der Waals surface area contributed by atoms with Gasteiger partial charge in [0.1, 0.15) is 23.3 Å². The number of hydroxylamine groups is 1. The number of carbonyl (C=O) groups is 2. The zero-order valence-corrected chi connectivity index (χ0v) is 24.8. The Morgan fingerprint density at radius 2 is 1.72 bits per heavy atom. The van der Waals surface area contributed by atoms with Crippen LogP contribution in [0.2, 0.25) is 0 Å². The summed E-state index contributed by atoms with van der Waals surface area (Å²) in [6.07, 6.45) is -9.00. The van der Waals surface area contributed by atoms with Crippen molar-refractivity contribution in [1.29, 1.82) is 5.26 Å². The van der Waals surface area contributed by atoms with Crippen LogP contribution >= 0.6 is 0 Å². The minimum atomic E-state index is -5.08. The summed E-state index contributed by atoms with van der Waals surface area (Å²) < 4.78 is 72.6. The number of amides is 1. The third-order valence-corrected chi connectivity index (χ3v) is 7.26. The van der Waals surface area contributed by atoms with E-state index in [-0.39, 0.29) is 17.8 Å². The number of pyridine rings is 1. The summed E-state index contributed by atoms with van der Waals surface area (Å²) in [5.41, 5.74) is 2.53. The largest absolute Gasteiger partial charge is 0.490 e. The number of alkyl halides is 6. The number of aryl methyl sites for hydroxylation is 1. The first kappa shape index (κ1) is 35.7. The van der Waals surface area contributed by atoms with Crippen molar-refractivity contribution in [2.75, 3.05) is 25.1 Å². The zero-order chi connectivity index (χ0) is 34.6. The summed E-state index contributed by atoms with van der Waals surface area (Å²) >= 11 is 0. The molecule has 3 atom stereocenters. The van der Waals surface area contributed by atoms with Gasteiger partial charge < -0.3 is 10.0 Å². The molecule has 2 N–H and O–H groups in total. The highest BCUT2D eigenvalue weighted by atomic mass is 19.4. The number of hydrogen-bond donors (Lipinski definition) is 2. The van der Waals surface area contributed by atoms with E-state index in [2.05, 4.69) is 15.4 Å². The van der Waals surface area contributed by atoms with Crippen molar-refractivity contribution in [2.45, 2.75) is 50.7 Å². The summed E-state index contributed by atoms with van der Waals surface area (Å²) in [5.74, 6) is -2.94. The molecule has 2 aromatic heterocycles. The van der Waals surface area contributed by atoms with Crippen LogP contribution in [0.25, 0.3) is 11.0 Å². The number of fused-ring (bicyclic) bond motifs is 1. The van der Waals surface area contributed by atoms with Gasteiger partial charge >= 0.3 is 24.0 Å². The maximum Gasteiger partial charge on any atom is 0.490 e. The number of nitrogens with one attached hydrogen (secondary N) is 1. The molecule has 12 nitrogen and oxygen atoms in total. The first-order valence-electron chi connectivity index (χ1n) is 13.5. The second-order valence-corrected chi connectivity index (χ2v) is 10.2. The molecule has 1 unspecified atom stereocenters. The Hall–Kier alpha value is -4.76. The fourth-order valence-corrected chi connectivity index (χ4v) is 5.02. The van der Waals surface area contributed by atoms with Gasteiger partial charge in [0.2, 0.25) is 0 Å². The summed E-state index contributed by atoms with van der Waals surface area (Å²) in [6, 6.07) is 8.25. The summed E-state index contributed by atoms with van der Waals surface area (Å²) in [6.45, 7) is 4.50. The maximum absolute atomic E-state index is 13.2. The van der Waals surface area contributed by atoms with Gasteiger partial charge in [0, 0.05) is 32.2 Å². The predicted octanol–water partition coefficient (Wildman–Crippen LogP) is 3.56. The molecule has 0 bridgehead atoms. The van der Waals surface area contributed by atoms with Crippen molar-refractivity contribution < 1.29 is 45.9 Å². The number of carboxylic acid groups (broad SMARTS) is 1. The highest BCUT2D eigenvalue weighted by Crippen LogP contribution is 2.35. The molecule has 3 heterocycles. The van der Waals surface area contributed by atoms with E-state index in [0.717, 1.165) is 12.1 Å². The molecule has 3 aromatic rings. The highest BCUT2D eigenvalue weighted by molar-refractivity contribution is 5.86. The Labute approximate surface area is 257 Å². The second kappa shape index (κ2) is 14.1. The maximum atomic E-state index is 13.2. The van der Waals surface area contributed by atoms with Crippen LogP contribution in [0.4, 0.5) is 32.2 Å². The van der Waals surface area contributed by atoms with E-state index in [1.165, 1.54) is 29.9 Å². The Balaban J connectivity index is 0.000000738. The lowest BCUT2D eigenvalue weighted by atomic mass is 9.96. The third kappa shape index (κ3) is 7.90. The molecule has 4 rings (SSSR count). The Morgan fingerprint density at radius 3 is 2.22 bits per heavy atom. The average Bonchev–Trinajstić information content (AvgIpc) is 2.99. The predicted molar refractivity (Wildman–Crippen MR) is 150 cm³/mol. The topological polar surface area (TPSA) is 154 Å². The van der Waals surface area contributed by atoms with E-state index in [1.807, 2.05) is 29.7 Å². The van der Waals surface area contributed by atoms with Crippen LogP contribution in [-0.2, 0) is 27.7 Å². The number of benzene rings is 1. The number of rotatable bonds is 6. The molecule has 1 saturated heterocycles. The molecule has 0 saturated carbocycles. The van der Waals surface area contributed by atoms with Gasteiger partial charge in [-0.3, -0.25) is 19.1 Å². The van der Waals surface area contributed by atoms with Crippen LogP contribution in [-0.4, -0.2) is 74.9 Å². The number of carbonyl (C=O) groups excluding carboxylic acids is 1. The molecular formula is C28H29F6N7O5. The summed E-state index contributed by atoms with van der Waals surface area (Å²) in [7, 11) is 2.86. The van der Waals surface area contributed by atoms with E-state index in [0.29, 0.717) is 41.9 Å². The number of nitrogens with zero attached hydrogens (tertiary/aromatic N) is 6. The number of hydrogen-bond acceptors (Lipinski definition) is 9. The van der Waals surface area contributed by atoms with E-state index < -0.39 is 41.5 Å². The first-order valence-corrected chi connectivity index (χ1v) is 13.5. The molecule has 1 fully saturated rings. The summed E-state index contributed by atoms with van der Waals surface area (Å²) in [4.78, 5) is 52.2. The van der Waals surface area contributed by atoms with Crippen molar-refractivity contribution in [3.05, 3.63) is 63.7 Å². The highest BCUT2D eigenvalue weighted by Gasteiger charge is 2.41. The Kier molecular flexibility index (Phi) is 11.0. The number of halogens is 6. The fourth-order valence-electron chi connectivity index (χ4n) is 5.02. The molecule has 1 aromatic carbocycles. The van der Waals surface area contributed by atoms with Crippen molar-refractivity contribution >= 4 is 28.7 Å². The first-order chi connectivity index (χ1) is 21.4. The molecule has 1 amide bonds. The third-order valence-electron chi connectivity index (χ3n) is 7.26. The summed E-state index contributed by atoms with van der Waals surface area (Å²) in [5, 5.41) is 16.5. The molecule has 1 aliphatic rings. The van der Waals surface area contributed by atoms with E-state index in [4.69, 9.17) is 14.7 Å². The number of piperazine rings is 1. The molecule has 0 aliphatic carbocycles. The number of nitriles is 1. The van der Waals surface area contributed by atoms with Crippen LogP contribution in [0.3, 0.4) is 0 Å². The molecule has 18 heteroatoms. The van der Waals surface area contributed by atoms with Gasteiger partial charge in [-0.2, -0.15) is 36.6 Å². The van der Waals surface area contributed by atoms with Crippen molar-refractivity contribution in [3.63, 3.8) is 0 Å². The lowest BCUT2D eigenvalue weighted by molar-refractivity contribution is -0.192. The van der Waals surface area contributed by atoms with E-state index in [1.54, 1.807) is 13.1 Å². The van der Waals surface area contributed by atoms with Crippen molar-refractivity contribution in [2.24, 2.45) is 7.05 Å². The van der Waals surface area contributed by atoms with Crippen LogP contribution in [0.5, 0.6) is 0 Å². The van der Waals surface area contributed by atoms with Crippen LogP contribution in [0.15, 0.2) is 41.2 Å². The van der Waals surface area contributed by atoms with Crippen LogP contribution in [0, 0.1) is 11.3 Å². The normalized spacial score (nSPS) is 17.9. The minimum Gasteiger partial charge on any atom is -0.475 e. The van der Waals surface area contributed by atoms with Gasteiger partial charge in [-0.15, -0.1) is 0 Å². The van der Waals surface area contributed by atoms with Gasteiger partial charge in [0.25, 0.3) is 5.91 Å². The number of aliphatic carboxylic acids is 1. The molecule has 46 heavy (non-hydrogen) atoms.